The predicted molar refractivity (Wildman–Crippen MR) is 69.5 cm³/mol. The van der Waals surface area contributed by atoms with Gasteiger partial charge in [0.05, 0.1) is 5.60 Å². The maximum absolute atomic E-state index is 13.3. The Kier molecular flexibility index (Phi) is 3.85. The molecule has 4 heteroatoms. The van der Waals surface area contributed by atoms with Crippen molar-refractivity contribution in [1.29, 1.82) is 0 Å². The van der Waals surface area contributed by atoms with Crippen LogP contribution in [-0.2, 0) is 6.42 Å². The predicted octanol–water partition coefficient (Wildman–Crippen LogP) is 2.59. The molecule has 1 unspecified atom stereocenters. The Morgan fingerprint density at radius 2 is 2.24 bits per heavy atom. The van der Waals surface area contributed by atoms with Gasteiger partial charge in [-0.05, 0) is 50.2 Å². The molecule has 1 heterocycles. The number of nitrogens with zero attached hydrogens (tertiary/aromatic N) is 1. The molecule has 1 aromatic rings. The number of likely N-dealkylation sites (N-methyl/N-ethyl adjacent to an activating group) is 1. The number of halogens is 2. The second kappa shape index (κ2) is 5.04. The highest BCUT2D eigenvalue weighted by Gasteiger charge is 2.32. The molecule has 0 aliphatic carbocycles. The SMILES string of the molecule is CN1CCCC(O)(Cc2cc(F)cc(Br)c2)C1. The van der Waals surface area contributed by atoms with E-state index in [1.54, 1.807) is 0 Å². The van der Waals surface area contributed by atoms with E-state index in [0.717, 1.165) is 29.4 Å². The van der Waals surface area contributed by atoms with Gasteiger partial charge in [-0.25, -0.2) is 4.39 Å². The van der Waals surface area contributed by atoms with E-state index in [9.17, 15) is 9.50 Å². The van der Waals surface area contributed by atoms with Crippen LogP contribution in [0.15, 0.2) is 22.7 Å². The second-order valence-electron chi connectivity index (χ2n) is 5.02. The fourth-order valence-corrected chi connectivity index (χ4v) is 3.09. The molecule has 0 bridgehead atoms. The zero-order valence-corrected chi connectivity index (χ0v) is 11.5. The molecule has 0 radical (unpaired) electrons. The number of rotatable bonds is 2. The van der Waals surface area contributed by atoms with Crippen LogP contribution in [0.1, 0.15) is 18.4 Å². The molecule has 1 saturated heterocycles. The second-order valence-corrected chi connectivity index (χ2v) is 5.94. The van der Waals surface area contributed by atoms with Gasteiger partial charge >= 0.3 is 0 Å². The quantitative estimate of drug-likeness (QED) is 0.908. The minimum atomic E-state index is -0.722. The van der Waals surface area contributed by atoms with Crippen LogP contribution in [0.4, 0.5) is 4.39 Å². The Balaban J connectivity index is 2.13. The zero-order chi connectivity index (χ0) is 12.5. The lowest BCUT2D eigenvalue weighted by Crippen LogP contribution is -2.47. The van der Waals surface area contributed by atoms with Crippen molar-refractivity contribution in [3.63, 3.8) is 0 Å². The van der Waals surface area contributed by atoms with Crippen LogP contribution >= 0.6 is 15.9 Å². The first-order chi connectivity index (χ1) is 7.97. The number of hydrogen-bond acceptors (Lipinski definition) is 2. The smallest absolute Gasteiger partial charge is 0.124 e. The first-order valence-electron chi connectivity index (χ1n) is 5.83. The first kappa shape index (κ1) is 13.0. The monoisotopic (exact) mass is 301 g/mol. The summed E-state index contributed by atoms with van der Waals surface area (Å²) in [6.07, 6.45) is 2.28. The number of aliphatic hydroxyl groups is 1. The molecule has 2 nitrogen and oxygen atoms in total. The van der Waals surface area contributed by atoms with E-state index < -0.39 is 5.60 Å². The van der Waals surface area contributed by atoms with E-state index in [1.165, 1.54) is 12.1 Å². The number of β-amino-alcohol motifs (C(OH)–C–C–N with tert-alkyl or cyclic N) is 1. The molecule has 1 atom stereocenters. The fourth-order valence-electron chi connectivity index (χ4n) is 2.58. The van der Waals surface area contributed by atoms with Crippen molar-refractivity contribution >= 4 is 15.9 Å². The van der Waals surface area contributed by atoms with E-state index in [2.05, 4.69) is 20.8 Å². The van der Waals surface area contributed by atoms with Crippen molar-refractivity contribution in [2.24, 2.45) is 0 Å². The van der Waals surface area contributed by atoms with Gasteiger partial charge in [-0.2, -0.15) is 0 Å². The standard InChI is InChI=1S/C13H17BrFNO/c1-16-4-2-3-13(17,9-16)8-10-5-11(14)7-12(15)6-10/h5-7,17H,2-4,8-9H2,1H3. The van der Waals surface area contributed by atoms with Crippen molar-refractivity contribution in [2.45, 2.75) is 24.9 Å². The van der Waals surface area contributed by atoms with Crippen molar-refractivity contribution in [1.82, 2.24) is 4.90 Å². The maximum atomic E-state index is 13.3. The van der Waals surface area contributed by atoms with E-state index in [4.69, 9.17) is 0 Å². The van der Waals surface area contributed by atoms with E-state index in [0.29, 0.717) is 13.0 Å². The minimum Gasteiger partial charge on any atom is -0.388 e. The lowest BCUT2D eigenvalue weighted by Gasteiger charge is -2.37. The summed E-state index contributed by atoms with van der Waals surface area (Å²) in [5.41, 5.74) is 0.120. The van der Waals surface area contributed by atoms with Crippen molar-refractivity contribution in [3.05, 3.63) is 34.1 Å². The highest BCUT2D eigenvalue weighted by atomic mass is 79.9. The van der Waals surface area contributed by atoms with Crippen LogP contribution in [0.2, 0.25) is 0 Å². The highest BCUT2D eigenvalue weighted by Crippen LogP contribution is 2.26. The molecule has 2 rings (SSSR count). The van der Waals surface area contributed by atoms with Crippen LogP contribution in [0.3, 0.4) is 0 Å². The highest BCUT2D eigenvalue weighted by molar-refractivity contribution is 9.10. The molecule has 1 aliphatic rings. The Hall–Kier alpha value is -0.450. The van der Waals surface area contributed by atoms with Gasteiger partial charge in [-0.3, -0.25) is 0 Å². The number of benzene rings is 1. The van der Waals surface area contributed by atoms with Crippen LogP contribution in [0.5, 0.6) is 0 Å². The first-order valence-corrected chi connectivity index (χ1v) is 6.62. The van der Waals surface area contributed by atoms with Gasteiger partial charge in [0.1, 0.15) is 5.82 Å². The van der Waals surface area contributed by atoms with Crippen molar-refractivity contribution in [3.8, 4) is 0 Å². The maximum Gasteiger partial charge on any atom is 0.124 e. The van der Waals surface area contributed by atoms with Gasteiger partial charge in [0, 0.05) is 17.4 Å². The summed E-state index contributed by atoms with van der Waals surface area (Å²) in [7, 11) is 2.01. The summed E-state index contributed by atoms with van der Waals surface area (Å²) < 4.78 is 14.0. The molecular formula is C13H17BrFNO. The third-order valence-electron chi connectivity index (χ3n) is 3.20. The van der Waals surface area contributed by atoms with Gasteiger partial charge in [-0.1, -0.05) is 15.9 Å². The minimum absolute atomic E-state index is 0.262. The Labute approximate surface area is 110 Å². The lowest BCUT2D eigenvalue weighted by atomic mass is 9.87. The van der Waals surface area contributed by atoms with Crippen molar-refractivity contribution in [2.75, 3.05) is 20.1 Å². The normalized spacial score (nSPS) is 26.1. The topological polar surface area (TPSA) is 23.5 Å². The Bertz CT molecular complexity index is 392. The third kappa shape index (κ3) is 3.50. The average Bonchev–Trinajstić information content (AvgIpc) is 2.13. The number of hydrogen-bond donors (Lipinski definition) is 1. The molecule has 0 aromatic heterocycles. The molecular weight excluding hydrogens is 285 g/mol. The molecule has 1 fully saturated rings. The molecule has 94 valence electrons. The molecule has 0 saturated carbocycles. The molecule has 0 spiro atoms. The fraction of sp³-hybridized carbons (Fsp3) is 0.538. The Morgan fingerprint density at radius 3 is 2.88 bits per heavy atom. The van der Waals surface area contributed by atoms with E-state index in [1.807, 2.05) is 13.1 Å². The lowest BCUT2D eigenvalue weighted by molar-refractivity contribution is -0.0224. The van der Waals surface area contributed by atoms with Gasteiger partial charge in [0.2, 0.25) is 0 Å². The zero-order valence-electron chi connectivity index (χ0n) is 9.92. The number of piperidine rings is 1. The summed E-state index contributed by atoms with van der Waals surface area (Å²) >= 11 is 3.28. The molecule has 17 heavy (non-hydrogen) atoms. The average molecular weight is 302 g/mol. The molecule has 0 amide bonds. The summed E-state index contributed by atoms with van der Waals surface area (Å²) in [6, 6.07) is 4.80. The largest absolute Gasteiger partial charge is 0.388 e. The number of likely N-dealkylation sites (tertiary alicyclic amines) is 1. The van der Waals surface area contributed by atoms with E-state index >= 15 is 0 Å². The van der Waals surface area contributed by atoms with Gasteiger partial charge < -0.3 is 10.0 Å². The van der Waals surface area contributed by atoms with Gasteiger partial charge in [0.15, 0.2) is 0 Å². The summed E-state index contributed by atoms with van der Waals surface area (Å²) in [4.78, 5) is 2.12. The van der Waals surface area contributed by atoms with E-state index in [-0.39, 0.29) is 5.82 Å². The van der Waals surface area contributed by atoms with Crippen molar-refractivity contribution < 1.29 is 9.50 Å². The van der Waals surface area contributed by atoms with Crippen LogP contribution in [0, 0.1) is 5.82 Å². The van der Waals surface area contributed by atoms with Gasteiger partial charge in [0.25, 0.3) is 0 Å². The van der Waals surface area contributed by atoms with Crippen LogP contribution < -0.4 is 0 Å². The van der Waals surface area contributed by atoms with Gasteiger partial charge in [-0.15, -0.1) is 0 Å². The molecule has 1 aliphatic heterocycles. The summed E-state index contributed by atoms with van der Waals surface area (Å²) in [6.45, 7) is 1.68. The third-order valence-corrected chi connectivity index (χ3v) is 3.66. The van der Waals surface area contributed by atoms with Crippen LogP contribution in [-0.4, -0.2) is 35.7 Å². The molecule has 1 aromatic carbocycles. The van der Waals surface area contributed by atoms with Crippen LogP contribution in [0.25, 0.3) is 0 Å². The summed E-state index contributed by atoms with van der Waals surface area (Å²) in [5.74, 6) is -0.262. The Morgan fingerprint density at radius 1 is 1.47 bits per heavy atom. The summed E-state index contributed by atoms with van der Waals surface area (Å²) in [5, 5.41) is 10.5. The molecule has 1 N–H and O–H groups in total.